The fourth-order valence-electron chi connectivity index (χ4n) is 10.1. The minimum absolute atomic E-state index is 0.0546. The second-order valence-electron chi connectivity index (χ2n) is 14.4. The normalized spacial score (nSPS) is 22.9. The maximum Gasteiger partial charge on any atom is 0.336 e. The van der Waals surface area contributed by atoms with Gasteiger partial charge in [0.1, 0.15) is 0 Å². The van der Waals surface area contributed by atoms with Crippen LogP contribution in [0.2, 0.25) is 0 Å². The number of hydrogen-bond acceptors (Lipinski definition) is 1. The van der Waals surface area contributed by atoms with Crippen molar-refractivity contribution in [2.24, 2.45) is 17.8 Å². The zero-order valence-electron chi connectivity index (χ0n) is 26.5. The summed E-state index contributed by atoms with van der Waals surface area (Å²) in [6, 6.07) is 46.9. The highest BCUT2D eigenvalue weighted by Gasteiger charge is 2.52. The van der Waals surface area contributed by atoms with Gasteiger partial charge in [-0.3, -0.25) is 0 Å². The molecule has 4 fully saturated rings. The van der Waals surface area contributed by atoms with Gasteiger partial charge in [-0.25, -0.2) is 4.79 Å². The number of rotatable bonds is 6. The van der Waals surface area contributed by atoms with Gasteiger partial charge in [-0.15, -0.1) is 0 Å². The van der Waals surface area contributed by atoms with Crippen LogP contribution in [0, 0.1) is 17.8 Å². The molecule has 0 unspecified atom stereocenters. The Balaban J connectivity index is 1.50. The van der Waals surface area contributed by atoms with Crippen LogP contribution in [0.15, 0.2) is 133 Å². The second kappa shape index (κ2) is 11.1. The summed E-state index contributed by atoms with van der Waals surface area (Å²) < 4.78 is 0. The van der Waals surface area contributed by atoms with Crippen molar-refractivity contribution in [2.75, 3.05) is 0 Å². The molecule has 0 heterocycles. The predicted molar refractivity (Wildman–Crippen MR) is 193 cm³/mol. The number of fused-ring (bicyclic) bond motifs is 1. The first-order valence-corrected chi connectivity index (χ1v) is 17.2. The van der Waals surface area contributed by atoms with Crippen LogP contribution in [0.3, 0.4) is 0 Å². The Bertz CT molecular complexity index is 2080. The summed E-state index contributed by atoms with van der Waals surface area (Å²) in [7, 11) is 0. The number of carbonyl (C=O) groups is 1. The lowest BCUT2D eigenvalue weighted by atomic mass is 9.48. The molecule has 0 amide bonds. The number of aromatic carboxylic acids is 1. The monoisotopic (exact) mass is 610 g/mol. The molecular formula is C45H38O2. The molecule has 47 heavy (non-hydrogen) atoms. The SMILES string of the molecule is O=C(O)c1cc(C23CC4CC(CC(C4)C2)C3)cc2c(-c3ccccc3)c(-c3ccccc3)c(-c3ccccc3)c(-c3ccccc3)c12. The Morgan fingerprint density at radius 3 is 1.32 bits per heavy atom. The molecule has 0 spiro atoms. The Morgan fingerprint density at radius 2 is 0.894 bits per heavy atom. The molecule has 4 aliphatic carbocycles. The van der Waals surface area contributed by atoms with Crippen LogP contribution in [0.4, 0.5) is 0 Å². The minimum atomic E-state index is -0.857. The van der Waals surface area contributed by atoms with E-state index in [9.17, 15) is 9.90 Å². The van der Waals surface area contributed by atoms with Crippen LogP contribution in [-0.2, 0) is 5.41 Å². The molecule has 2 nitrogen and oxygen atoms in total. The predicted octanol–water partition coefficient (Wildman–Crippen LogP) is 11.7. The number of benzene rings is 6. The van der Waals surface area contributed by atoms with Crippen LogP contribution in [0.1, 0.15) is 54.4 Å². The van der Waals surface area contributed by atoms with Crippen molar-refractivity contribution in [3.63, 3.8) is 0 Å². The van der Waals surface area contributed by atoms with Gasteiger partial charge < -0.3 is 5.11 Å². The molecule has 2 heteroatoms. The van der Waals surface area contributed by atoms with E-state index in [2.05, 4.69) is 121 Å². The van der Waals surface area contributed by atoms with Crippen LogP contribution in [0.5, 0.6) is 0 Å². The molecule has 10 rings (SSSR count). The maximum absolute atomic E-state index is 13.6. The van der Waals surface area contributed by atoms with E-state index < -0.39 is 5.97 Å². The first-order valence-electron chi connectivity index (χ1n) is 17.2. The minimum Gasteiger partial charge on any atom is -0.478 e. The van der Waals surface area contributed by atoms with E-state index in [1.807, 2.05) is 12.1 Å². The number of hydrogen-bond donors (Lipinski definition) is 1. The maximum atomic E-state index is 13.6. The van der Waals surface area contributed by atoms with Crippen molar-refractivity contribution >= 4 is 16.7 Å². The highest BCUT2D eigenvalue weighted by Crippen LogP contribution is 2.62. The Labute approximate surface area is 276 Å². The van der Waals surface area contributed by atoms with Gasteiger partial charge in [0, 0.05) is 5.39 Å². The first kappa shape index (κ1) is 28.3. The van der Waals surface area contributed by atoms with Gasteiger partial charge in [0.15, 0.2) is 0 Å². The van der Waals surface area contributed by atoms with Crippen molar-refractivity contribution in [3.05, 3.63) is 145 Å². The third-order valence-corrected chi connectivity index (χ3v) is 11.5. The Morgan fingerprint density at radius 1 is 0.511 bits per heavy atom. The fourth-order valence-corrected chi connectivity index (χ4v) is 10.1. The van der Waals surface area contributed by atoms with Crippen molar-refractivity contribution in [1.82, 2.24) is 0 Å². The molecule has 230 valence electrons. The van der Waals surface area contributed by atoms with E-state index in [1.165, 1.54) is 44.1 Å². The zero-order chi connectivity index (χ0) is 31.5. The van der Waals surface area contributed by atoms with Gasteiger partial charge in [0.25, 0.3) is 0 Å². The van der Waals surface area contributed by atoms with Crippen molar-refractivity contribution in [1.29, 1.82) is 0 Å². The molecular weight excluding hydrogens is 572 g/mol. The molecule has 0 aromatic heterocycles. The van der Waals surface area contributed by atoms with E-state index >= 15 is 0 Å². The molecule has 0 aliphatic heterocycles. The highest BCUT2D eigenvalue weighted by molar-refractivity contribution is 6.22. The molecule has 6 aromatic carbocycles. The molecule has 0 saturated heterocycles. The van der Waals surface area contributed by atoms with Crippen LogP contribution in [0.25, 0.3) is 55.3 Å². The van der Waals surface area contributed by atoms with Gasteiger partial charge in [-0.2, -0.15) is 0 Å². The quantitative estimate of drug-likeness (QED) is 0.204. The fraction of sp³-hybridized carbons (Fsp3) is 0.222. The van der Waals surface area contributed by atoms with Crippen LogP contribution < -0.4 is 0 Å². The van der Waals surface area contributed by atoms with Gasteiger partial charge >= 0.3 is 5.97 Å². The van der Waals surface area contributed by atoms with Crippen molar-refractivity contribution in [2.45, 2.75) is 43.9 Å². The molecule has 4 aliphatic rings. The van der Waals surface area contributed by atoms with Crippen LogP contribution in [-0.4, -0.2) is 11.1 Å². The highest BCUT2D eigenvalue weighted by atomic mass is 16.4. The Kier molecular flexibility index (Phi) is 6.68. The van der Waals surface area contributed by atoms with Gasteiger partial charge in [0.2, 0.25) is 0 Å². The summed E-state index contributed by atoms with van der Waals surface area (Å²) in [5, 5.41) is 13.0. The summed E-state index contributed by atoms with van der Waals surface area (Å²) in [6.07, 6.45) is 7.61. The lowest BCUT2D eigenvalue weighted by molar-refractivity contribution is -0.00515. The molecule has 4 bridgehead atoms. The van der Waals surface area contributed by atoms with E-state index in [0.29, 0.717) is 5.56 Å². The standard InChI is InChI=1S/C45H38O2/c46-44(47)38-25-36(45-26-29-21-30(27-45)23-31(22-29)28-45)24-37-39(32-13-5-1-6-14-32)40(33-15-7-2-8-16-33)41(34-17-9-3-10-18-34)42(43(37)38)35-19-11-4-12-20-35/h1-20,24-25,29-31H,21-23,26-28H2,(H,46,47). The molecule has 0 radical (unpaired) electrons. The summed E-state index contributed by atoms with van der Waals surface area (Å²) >= 11 is 0. The summed E-state index contributed by atoms with van der Waals surface area (Å²) in [4.78, 5) is 13.6. The van der Waals surface area contributed by atoms with E-state index in [-0.39, 0.29) is 5.41 Å². The first-order chi connectivity index (χ1) is 23.1. The number of carboxylic acid groups (broad SMARTS) is 1. The summed E-state index contributed by atoms with van der Waals surface area (Å²) in [6.45, 7) is 0. The smallest absolute Gasteiger partial charge is 0.336 e. The average Bonchev–Trinajstić information content (AvgIpc) is 3.11. The zero-order valence-corrected chi connectivity index (χ0v) is 26.5. The van der Waals surface area contributed by atoms with Crippen molar-refractivity contribution in [3.8, 4) is 44.5 Å². The summed E-state index contributed by atoms with van der Waals surface area (Å²) in [5.74, 6) is 1.43. The third kappa shape index (κ3) is 4.65. The molecule has 0 atom stereocenters. The Hall–Kier alpha value is -4.95. The number of carboxylic acids is 1. The van der Waals surface area contributed by atoms with Gasteiger partial charge in [-0.05, 0) is 129 Å². The topological polar surface area (TPSA) is 37.3 Å². The average molecular weight is 611 g/mol. The lowest BCUT2D eigenvalue weighted by Crippen LogP contribution is -2.48. The summed E-state index contributed by atoms with van der Waals surface area (Å²) in [5.41, 5.74) is 10.4. The molecule has 4 saturated carbocycles. The van der Waals surface area contributed by atoms with E-state index in [1.54, 1.807) is 0 Å². The van der Waals surface area contributed by atoms with Crippen LogP contribution >= 0.6 is 0 Å². The van der Waals surface area contributed by atoms with Gasteiger partial charge in [-0.1, -0.05) is 121 Å². The third-order valence-electron chi connectivity index (χ3n) is 11.5. The molecule has 1 N–H and O–H groups in total. The largest absolute Gasteiger partial charge is 0.478 e. The molecule has 6 aromatic rings. The lowest BCUT2D eigenvalue weighted by Gasteiger charge is -2.57. The van der Waals surface area contributed by atoms with E-state index in [4.69, 9.17) is 0 Å². The van der Waals surface area contributed by atoms with Gasteiger partial charge in [0.05, 0.1) is 5.56 Å². The second-order valence-corrected chi connectivity index (χ2v) is 14.4. The van der Waals surface area contributed by atoms with E-state index in [0.717, 1.165) is 73.0 Å². The van der Waals surface area contributed by atoms with Crippen molar-refractivity contribution < 1.29 is 9.90 Å².